The minimum absolute atomic E-state index is 0.150. The number of anilines is 1. The molecule has 0 aliphatic rings. The molecule has 0 saturated carbocycles. The zero-order valence-corrected chi connectivity index (χ0v) is 9.47. The minimum atomic E-state index is -4.18. The van der Waals surface area contributed by atoms with E-state index in [0.29, 0.717) is 11.6 Å². The van der Waals surface area contributed by atoms with Crippen molar-refractivity contribution in [1.82, 2.24) is 14.9 Å². The number of hydrogen-bond acceptors (Lipinski definition) is 3. The number of nitrogens with zero attached hydrogens (tertiary/aromatic N) is 3. The summed E-state index contributed by atoms with van der Waals surface area (Å²) in [7, 11) is 5.43. The van der Waals surface area contributed by atoms with Gasteiger partial charge in [-0.25, -0.2) is 4.98 Å². The van der Waals surface area contributed by atoms with Crippen molar-refractivity contribution in [2.45, 2.75) is 12.7 Å². The Morgan fingerprint density at radius 3 is 2.50 bits per heavy atom. The van der Waals surface area contributed by atoms with Crippen molar-refractivity contribution >= 4 is 5.95 Å². The van der Waals surface area contributed by atoms with E-state index in [-0.39, 0.29) is 6.54 Å². The van der Waals surface area contributed by atoms with Gasteiger partial charge in [-0.05, 0) is 0 Å². The molecule has 0 amide bonds. The second kappa shape index (κ2) is 4.73. The molecule has 0 radical (unpaired) electrons. The second-order valence-electron chi connectivity index (χ2n) is 3.72. The molecule has 0 atom stereocenters. The first-order valence-corrected chi connectivity index (χ1v) is 4.76. The Balaban J connectivity index is 2.55. The first-order valence-electron chi connectivity index (χ1n) is 4.76. The lowest BCUT2D eigenvalue weighted by Gasteiger charge is -2.13. The SMILES string of the molecule is CN(C)c1ncc(CNCC(F)(F)F)n1C. The fraction of sp³-hybridized carbons (Fsp3) is 0.667. The van der Waals surface area contributed by atoms with Crippen molar-refractivity contribution in [2.75, 3.05) is 25.5 Å². The van der Waals surface area contributed by atoms with Gasteiger partial charge in [0.2, 0.25) is 5.95 Å². The smallest absolute Gasteiger partial charge is 0.348 e. The summed E-state index contributed by atoms with van der Waals surface area (Å²) in [5, 5.41) is 2.33. The zero-order valence-electron chi connectivity index (χ0n) is 9.47. The third kappa shape index (κ3) is 3.41. The third-order valence-electron chi connectivity index (χ3n) is 2.09. The quantitative estimate of drug-likeness (QED) is 0.851. The highest BCUT2D eigenvalue weighted by molar-refractivity contribution is 5.30. The molecule has 1 heterocycles. The molecule has 1 rings (SSSR count). The number of hydrogen-bond donors (Lipinski definition) is 1. The van der Waals surface area contributed by atoms with Crippen LogP contribution in [0.4, 0.5) is 19.1 Å². The van der Waals surface area contributed by atoms with Crippen molar-refractivity contribution in [3.63, 3.8) is 0 Å². The maximum Gasteiger partial charge on any atom is 0.401 e. The van der Waals surface area contributed by atoms with Crippen LogP contribution in [-0.4, -0.2) is 36.4 Å². The summed E-state index contributed by atoms with van der Waals surface area (Å²) in [6.45, 7) is -0.841. The molecule has 0 aromatic carbocycles. The lowest BCUT2D eigenvalue weighted by Crippen LogP contribution is -2.29. The van der Waals surface area contributed by atoms with E-state index in [9.17, 15) is 13.2 Å². The molecule has 0 spiro atoms. The zero-order chi connectivity index (χ0) is 12.3. The molecular formula is C9H15F3N4. The normalized spacial score (nSPS) is 11.9. The molecule has 92 valence electrons. The summed E-state index contributed by atoms with van der Waals surface area (Å²) >= 11 is 0. The molecule has 7 heteroatoms. The number of halogens is 3. The summed E-state index contributed by atoms with van der Waals surface area (Å²) in [5.41, 5.74) is 0.716. The van der Waals surface area contributed by atoms with E-state index in [1.807, 2.05) is 14.1 Å². The Morgan fingerprint density at radius 1 is 1.44 bits per heavy atom. The molecule has 16 heavy (non-hydrogen) atoms. The van der Waals surface area contributed by atoms with Gasteiger partial charge in [0.15, 0.2) is 0 Å². The average Bonchev–Trinajstić information content (AvgIpc) is 2.46. The van der Waals surface area contributed by atoms with Gasteiger partial charge in [0, 0.05) is 27.7 Å². The molecular weight excluding hydrogens is 221 g/mol. The Labute approximate surface area is 92.1 Å². The molecule has 0 bridgehead atoms. The van der Waals surface area contributed by atoms with Crippen molar-refractivity contribution in [2.24, 2.45) is 7.05 Å². The molecule has 4 nitrogen and oxygen atoms in total. The van der Waals surface area contributed by atoms with E-state index in [0.717, 1.165) is 0 Å². The summed E-state index contributed by atoms with van der Waals surface area (Å²) in [5.74, 6) is 0.712. The Morgan fingerprint density at radius 2 is 2.06 bits per heavy atom. The summed E-state index contributed by atoms with van der Waals surface area (Å²) in [4.78, 5) is 5.90. The van der Waals surface area contributed by atoms with Crippen LogP contribution < -0.4 is 10.2 Å². The Kier molecular flexibility index (Phi) is 3.79. The Bertz CT molecular complexity index is 343. The second-order valence-corrected chi connectivity index (χ2v) is 3.72. The highest BCUT2D eigenvalue weighted by atomic mass is 19.4. The van der Waals surface area contributed by atoms with Crippen LogP contribution in [0.2, 0.25) is 0 Å². The maximum absolute atomic E-state index is 11.9. The van der Waals surface area contributed by atoms with Crippen molar-refractivity contribution < 1.29 is 13.2 Å². The van der Waals surface area contributed by atoms with Crippen LogP contribution in [0.25, 0.3) is 0 Å². The predicted molar refractivity (Wildman–Crippen MR) is 55.3 cm³/mol. The molecule has 1 aromatic heterocycles. The van der Waals surface area contributed by atoms with Gasteiger partial charge in [-0.15, -0.1) is 0 Å². The van der Waals surface area contributed by atoms with Gasteiger partial charge < -0.3 is 14.8 Å². The van der Waals surface area contributed by atoms with Crippen LogP contribution in [0.5, 0.6) is 0 Å². The van der Waals surface area contributed by atoms with Crippen molar-refractivity contribution in [1.29, 1.82) is 0 Å². The Hall–Kier alpha value is -1.24. The van der Waals surface area contributed by atoms with E-state index in [1.165, 1.54) is 0 Å². The lowest BCUT2D eigenvalue weighted by molar-refractivity contribution is -0.125. The molecule has 1 N–H and O–H groups in total. The minimum Gasteiger partial charge on any atom is -0.348 e. The van der Waals surface area contributed by atoms with Crippen molar-refractivity contribution in [3.8, 4) is 0 Å². The number of nitrogens with one attached hydrogen (secondary N) is 1. The maximum atomic E-state index is 11.9. The van der Waals surface area contributed by atoms with E-state index in [4.69, 9.17) is 0 Å². The number of imidazole rings is 1. The average molecular weight is 236 g/mol. The highest BCUT2D eigenvalue weighted by Gasteiger charge is 2.26. The van der Waals surface area contributed by atoms with Gasteiger partial charge in [0.1, 0.15) is 0 Å². The van der Waals surface area contributed by atoms with Gasteiger partial charge in [-0.3, -0.25) is 0 Å². The first kappa shape index (κ1) is 12.8. The van der Waals surface area contributed by atoms with Crippen LogP contribution in [0, 0.1) is 0 Å². The lowest BCUT2D eigenvalue weighted by atomic mass is 10.4. The predicted octanol–water partition coefficient (Wildman–Crippen LogP) is 1.14. The van der Waals surface area contributed by atoms with Gasteiger partial charge in [0.05, 0.1) is 18.4 Å². The van der Waals surface area contributed by atoms with Crippen LogP contribution >= 0.6 is 0 Å². The van der Waals surface area contributed by atoms with Gasteiger partial charge in [-0.1, -0.05) is 0 Å². The summed E-state index contributed by atoms with van der Waals surface area (Å²) in [6.07, 6.45) is -2.61. The molecule has 0 unspecified atom stereocenters. The number of aromatic nitrogens is 2. The van der Waals surface area contributed by atoms with Crippen LogP contribution in [-0.2, 0) is 13.6 Å². The molecule has 1 aromatic rings. The van der Waals surface area contributed by atoms with Crippen LogP contribution in [0.3, 0.4) is 0 Å². The van der Waals surface area contributed by atoms with E-state index in [2.05, 4.69) is 10.3 Å². The molecule has 0 aliphatic heterocycles. The van der Waals surface area contributed by atoms with Gasteiger partial charge in [0.25, 0.3) is 0 Å². The summed E-state index contributed by atoms with van der Waals surface area (Å²) in [6, 6.07) is 0. The molecule has 0 fully saturated rings. The fourth-order valence-electron chi connectivity index (χ4n) is 1.35. The van der Waals surface area contributed by atoms with E-state index >= 15 is 0 Å². The monoisotopic (exact) mass is 236 g/mol. The first-order chi connectivity index (χ1) is 7.31. The topological polar surface area (TPSA) is 33.1 Å². The molecule has 0 aliphatic carbocycles. The van der Waals surface area contributed by atoms with Crippen LogP contribution in [0.1, 0.15) is 5.69 Å². The highest BCUT2D eigenvalue weighted by Crippen LogP contribution is 2.14. The van der Waals surface area contributed by atoms with Crippen molar-refractivity contribution in [3.05, 3.63) is 11.9 Å². The van der Waals surface area contributed by atoms with E-state index < -0.39 is 12.7 Å². The summed E-state index contributed by atoms with van der Waals surface area (Å²) < 4.78 is 37.5. The van der Waals surface area contributed by atoms with Crippen LogP contribution in [0.15, 0.2) is 6.20 Å². The number of rotatable bonds is 4. The van der Waals surface area contributed by atoms with Gasteiger partial charge >= 0.3 is 6.18 Å². The van der Waals surface area contributed by atoms with Gasteiger partial charge in [-0.2, -0.15) is 13.2 Å². The molecule has 0 saturated heterocycles. The standard InChI is InChI=1S/C9H15F3N4/c1-15(2)8-14-5-7(16(8)3)4-13-6-9(10,11)12/h5,13H,4,6H2,1-3H3. The fourth-order valence-corrected chi connectivity index (χ4v) is 1.35. The van der Waals surface area contributed by atoms with E-state index in [1.54, 1.807) is 22.7 Å². The third-order valence-corrected chi connectivity index (χ3v) is 2.09. The largest absolute Gasteiger partial charge is 0.401 e. The number of alkyl halides is 3.